The normalized spacial score (nSPS) is 25.5. The number of likely N-dealkylation sites (N-methyl/N-ethyl adjacent to an activating group) is 1. The van der Waals surface area contributed by atoms with E-state index >= 15 is 0 Å². The summed E-state index contributed by atoms with van der Waals surface area (Å²) in [7, 11) is 4.08. The molecule has 0 unspecified atom stereocenters. The highest BCUT2D eigenvalue weighted by molar-refractivity contribution is 6.42. The molecule has 1 spiro atoms. The third kappa shape index (κ3) is 4.47. The third-order valence-corrected chi connectivity index (χ3v) is 5.73. The zero-order valence-electron chi connectivity index (χ0n) is 14.6. The molecule has 1 aliphatic heterocycles. The molecule has 25 heavy (non-hydrogen) atoms. The number of benzene rings is 1. The molecule has 2 aliphatic rings. The molecule has 1 aliphatic carbocycles. The van der Waals surface area contributed by atoms with Crippen molar-refractivity contribution in [3.8, 4) is 0 Å². The van der Waals surface area contributed by atoms with Crippen molar-refractivity contribution >= 4 is 29.1 Å². The van der Waals surface area contributed by atoms with Gasteiger partial charge in [0.1, 0.15) is 0 Å². The van der Waals surface area contributed by atoms with Crippen LogP contribution in [0, 0.1) is 0 Å². The van der Waals surface area contributed by atoms with Gasteiger partial charge in [0.2, 0.25) is 5.91 Å². The SMILES string of the molecule is CN(C)[C@@H]1CCC2(C[C@H]1NC(=O)Cc1ccc(Cl)c(Cl)c1)OCCO2. The molecule has 1 N–H and O–H groups in total. The van der Waals surface area contributed by atoms with E-state index in [9.17, 15) is 4.79 Å². The Kier molecular flexibility index (Phi) is 5.91. The zero-order chi connectivity index (χ0) is 18.0. The summed E-state index contributed by atoms with van der Waals surface area (Å²) in [5.74, 6) is -0.570. The molecule has 7 heteroatoms. The fraction of sp³-hybridized carbons (Fsp3) is 0.611. The van der Waals surface area contributed by atoms with Gasteiger partial charge < -0.3 is 19.7 Å². The van der Waals surface area contributed by atoms with Crippen molar-refractivity contribution in [3.05, 3.63) is 33.8 Å². The highest BCUT2D eigenvalue weighted by atomic mass is 35.5. The van der Waals surface area contributed by atoms with Gasteiger partial charge in [-0.25, -0.2) is 0 Å². The van der Waals surface area contributed by atoms with E-state index in [2.05, 4.69) is 10.2 Å². The van der Waals surface area contributed by atoms with Crippen LogP contribution in [0.4, 0.5) is 0 Å². The minimum atomic E-state index is -0.534. The van der Waals surface area contributed by atoms with Crippen LogP contribution in [0.1, 0.15) is 24.8 Å². The fourth-order valence-electron chi connectivity index (χ4n) is 3.76. The summed E-state index contributed by atoms with van der Waals surface area (Å²) in [4.78, 5) is 14.7. The van der Waals surface area contributed by atoms with Gasteiger partial charge in [0.05, 0.1) is 29.7 Å². The second kappa shape index (κ2) is 7.80. The Balaban J connectivity index is 1.66. The summed E-state index contributed by atoms with van der Waals surface area (Å²) in [6, 6.07) is 5.51. The number of amides is 1. The largest absolute Gasteiger partial charge is 0.351 e. The standard InChI is InChI=1S/C18H24Cl2N2O3/c1-22(2)16-5-6-18(24-7-8-25-18)11-15(16)21-17(23)10-12-3-4-13(19)14(20)9-12/h3-4,9,15-16H,5-8,10-11H2,1-2H3,(H,21,23)/t15-,16-/m1/s1. The van der Waals surface area contributed by atoms with Crippen LogP contribution >= 0.6 is 23.2 Å². The van der Waals surface area contributed by atoms with Crippen molar-refractivity contribution in [2.45, 2.75) is 43.6 Å². The molecule has 1 amide bonds. The van der Waals surface area contributed by atoms with Crippen LogP contribution in [0.25, 0.3) is 0 Å². The molecule has 5 nitrogen and oxygen atoms in total. The van der Waals surface area contributed by atoms with Gasteiger partial charge in [-0.2, -0.15) is 0 Å². The maximum atomic E-state index is 12.6. The Hall–Kier alpha value is -0.850. The molecular weight excluding hydrogens is 363 g/mol. The zero-order valence-corrected chi connectivity index (χ0v) is 16.1. The lowest BCUT2D eigenvalue weighted by Gasteiger charge is -2.43. The number of carbonyl (C=O) groups is 1. The van der Waals surface area contributed by atoms with Gasteiger partial charge in [-0.05, 0) is 38.2 Å². The molecule has 0 aromatic heterocycles. The number of hydrogen-bond donors (Lipinski definition) is 1. The Morgan fingerprint density at radius 1 is 1.28 bits per heavy atom. The quantitative estimate of drug-likeness (QED) is 0.863. The summed E-state index contributed by atoms with van der Waals surface area (Å²) < 4.78 is 11.7. The molecular formula is C18H24Cl2N2O3. The number of halogens is 2. The summed E-state index contributed by atoms with van der Waals surface area (Å²) in [5, 5.41) is 4.12. The van der Waals surface area contributed by atoms with Crippen molar-refractivity contribution in [1.29, 1.82) is 0 Å². The van der Waals surface area contributed by atoms with Gasteiger partial charge in [-0.3, -0.25) is 4.79 Å². The summed E-state index contributed by atoms with van der Waals surface area (Å²) in [5.41, 5.74) is 0.840. The molecule has 3 rings (SSSR count). The first-order valence-electron chi connectivity index (χ1n) is 8.56. The van der Waals surface area contributed by atoms with Crippen molar-refractivity contribution in [2.24, 2.45) is 0 Å². The van der Waals surface area contributed by atoms with Crippen LogP contribution in [0.3, 0.4) is 0 Å². The average molecular weight is 387 g/mol. The first-order chi connectivity index (χ1) is 11.9. The van der Waals surface area contributed by atoms with E-state index < -0.39 is 5.79 Å². The molecule has 2 atom stereocenters. The number of rotatable bonds is 4. The summed E-state index contributed by atoms with van der Waals surface area (Å²) in [6.45, 7) is 1.24. The van der Waals surface area contributed by atoms with Gasteiger partial charge in [-0.15, -0.1) is 0 Å². The van der Waals surface area contributed by atoms with Crippen molar-refractivity contribution in [3.63, 3.8) is 0 Å². The Morgan fingerprint density at radius 3 is 2.64 bits per heavy atom. The van der Waals surface area contributed by atoms with Crippen LogP contribution in [0.15, 0.2) is 18.2 Å². The average Bonchev–Trinajstić information content (AvgIpc) is 2.98. The lowest BCUT2D eigenvalue weighted by atomic mass is 9.84. The maximum Gasteiger partial charge on any atom is 0.224 e. The lowest BCUT2D eigenvalue weighted by molar-refractivity contribution is -0.189. The summed E-state index contributed by atoms with van der Waals surface area (Å²) >= 11 is 12.0. The molecule has 0 bridgehead atoms. The lowest BCUT2D eigenvalue weighted by Crippen LogP contribution is -2.57. The number of ether oxygens (including phenoxy) is 2. The van der Waals surface area contributed by atoms with Gasteiger partial charge in [0, 0.05) is 24.9 Å². The molecule has 1 aromatic carbocycles. The second-order valence-electron chi connectivity index (χ2n) is 6.98. The van der Waals surface area contributed by atoms with E-state index in [1.807, 2.05) is 20.2 Å². The minimum Gasteiger partial charge on any atom is -0.351 e. The number of hydrogen-bond acceptors (Lipinski definition) is 4. The Labute approximate surface area is 158 Å². The van der Waals surface area contributed by atoms with E-state index in [4.69, 9.17) is 32.7 Å². The van der Waals surface area contributed by atoms with Crippen molar-refractivity contribution < 1.29 is 14.3 Å². The number of nitrogens with one attached hydrogen (secondary N) is 1. The first-order valence-corrected chi connectivity index (χ1v) is 9.32. The van der Waals surface area contributed by atoms with E-state index in [1.54, 1.807) is 12.1 Å². The van der Waals surface area contributed by atoms with Crippen LogP contribution in [-0.2, 0) is 20.7 Å². The molecule has 1 saturated heterocycles. The van der Waals surface area contributed by atoms with Crippen molar-refractivity contribution in [2.75, 3.05) is 27.3 Å². The highest BCUT2D eigenvalue weighted by Crippen LogP contribution is 2.37. The predicted octanol–water partition coefficient (Wildman–Crippen LogP) is 2.88. The first kappa shape index (κ1) is 18.9. The Bertz CT molecular complexity index is 633. The fourth-order valence-corrected chi connectivity index (χ4v) is 4.08. The molecule has 138 valence electrons. The molecule has 0 radical (unpaired) electrons. The van der Waals surface area contributed by atoms with E-state index in [-0.39, 0.29) is 24.4 Å². The van der Waals surface area contributed by atoms with Crippen molar-refractivity contribution in [1.82, 2.24) is 10.2 Å². The highest BCUT2D eigenvalue weighted by Gasteiger charge is 2.46. The number of carbonyl (C=O) groups excluding carboxylic acids is 1. The molecule has 1 aromatic rings. The van der Waals surface area contributed by atoms with E-state index in [0.29, 0.717) is 29.7 Å². The number of nitrogens with zero attached hydrogens (tertiary/aromatic N) is 1. The molecule has 2 fully saturated rings. The van der Waals surface area contributed by atoms with Crippen LogP contribution in [0.5, 0.6) is 0 Å². The van der Waals surface area contributed by atoms with Gasteiger partial charge in [-0.1, -0.05) is 29.3 Å². The smallest absolute Gasteiger partial charge is 0.224 e. The van der Waals surface area contributed by atoms with Crippen LogP contribution in [-0.4, -0.2) is 56.0 Å². The molecule has 1 heterocycles. The second-order valence-corrected chi connectivity index (χ2v) is 7.80. The third-order valence-electron chi connectivity index (χ3n) is 4.99. The summed E-state index contributed by atoms with van der Waals surface area (Å²) in [6.07, 6.45) is 2.71. The maximum absolute atomic E-state index is 12.6. The van der Waals surface area contributed by atoms with Gasteiger partial charge in [0.15, 0.2) is 5.79 Å². The van der Waals surface area contributed by atoms with Crippen LogP contribution < -0.4 is 5.32 Å². The van der Waals surface area contributed by atoms with Gasteiger partial charge >= 0.3 is 0 Å². The minimum absolute atomic E-state index is 0.0166. The van der Waals surface area contributed by atoms with E-state index in [0.717, 1.165) is 18.4 Å². The topological polar surface area (TPSA) is 50.8 Å². The van der Waals surface area contributed by atoms with Gasteiger partial charge in [0.25, 0.3) is 0 Å². The Morgan fingerprint density at radius 2 is 2.00 bits per heavy atom. The monoisotopic (exact) mass is 386 g/mol. The predicted molar refractivity (Wildman–Crippen MR) is 98.1 cm³/mol. The molecule has 1 saturated carbocycles. The van der Waals surface area contributed by atoms with E-state index in [1.165, 1.54) is 0 Å². The van der Waals surface area contributed by atoms with Crippen LogP contribution in [0.2, 0.25) is 10.0 Å².